The fraction of sp³-hybridized carbons (Fsp3) is 0.0909. The van der Waals surface area contributed by atoms with Gasteiger partial charge in [-0.3, -0.25) is 0 Å². The summed E-state index contributed by atoms with van der Waals surface area (Å²) in [7, 11) is 0. The fourth-order valence-corrected chi connectivity index (χ4v) is 1.27. The van der Waals surface area contributed by atoms with Crippen molar-refractivity contribution < 1.29 is 9.53 Å². The van der Waals surface area contributed by atoms with Gasteiger partial charge in [-0.2, -0.15) is 0 Å². The van der Waals surface area contributed by atoms with Crippen molar-refractivity contribution in [3.8, 4) is 0 Å². The second kappa shape index (κ2) is 3.96. The number of hydrogen-bond donors (Lipinski definition) is 1. The van der Waals surface area contributed by atoms with E-state index in [1.807, 2.05) is 24.3 Å². The number of ether oxygens (including phenoxy) is 1. The monoisotopic (exact) mass is 202 g/mol. The van der Waals surface area contributed by atoms with Crippen LogP contribution in [0.2, 0.25) is 0 Å². The van der Waals surface area contributed by atoms with Crippen LogP contribution in [-0.4, -0.2) is 15.9 Å². The molecule has 0 radical (unpaired) electrons. The summed E-state index contributed by atoms with van der Waals surface area (Å²) in [4.78, 5) is 18.1. The van der Waals surface area contributed by atoms with E-state index in [1.54, 1.807) is 0 Å². The number of fused-ring (bicyclic) bond motifs is 1. The molecule has 1 aromatic heterocycles. The van der Waals surface area contributed by atoms with Crippen LogP contribution < -0.4 is 0 Å². The van der Waals surface area contributed by atoms with Crippen molar-refractivity contribution in [1.82, 2.24) is 9.97 Å². The fourth-order valence-electron chi connectivity index (χ4n) is 1.27. The SMILES string of the molecule is C=CC(=O)OCc1nc2ccccc2[nH]1. The molecule has 0 bridgehead atoms. The van der Waals surface area contributed by atoms with Crippen LogP contribution in [0.4, 0.5) is 0 Å². The van der Waals surface area contributed by atoms with E-state index in [0.29, 0.717) is 5.82 Å². The van der Waals surface area contributed by atoms with Gasteiger partial charge in [-0.1, -0.05) is 18.7 Å². The minimum Gasteiger partial charge on any atom is -0.454 e. The zero-order valence-corrected chi connectivity index (χ0v) is 8.06. The van der Waals surface area contributed by atoms with Crippen LogP contribution in [0, 0.1) is 0 Å². The van der Waals surface area contributed by atoms with Gasteiger partial charge in [-0.15, -0.1) is 0 Å². The predicted octanol–water partition coefficient (Wildman–Crippen LogP) is 1.79. The lowest BCUT2D eigenvalue weighted by molar-refractivity contribution is -0.139. The molecule has 0 aliphatic rings. The molecule has 1 N–H and O–H groups in total. The maximum atomic E-state index is 10.8. The second-order valence-corrected chi connectivity index (χ2v) is 3.01. The summed E-state index contributed by atoms with van der Waals surface area (Å²) in [6.45, 7) is 3.45. The van der Waals surface area contributed by atoms with Gasteiger partial charge in [0.25, 0.3) is 0 Å². The number of nitrogens with one attached hydrogen (secondary N) is 1. The Bertz CT molecular complexity index is 469. The Morgan fingerprint density at radius 2 is 2.33 bits per heavy atom. The lowest BCUT2D eigenvalue weighted by atomic mass is 10.3. The quantitative estimate of drug-likeness (QED) is 0.609. The maximum Gasteiger partial charge on any atom is 0.330 e. The number of aromatic nitrogens is 2. The van der Waals surface area contributed by atoms with Gasteiger partial charge in [0.2, 0.25) is 0 Å². The van der Waals surface area contributed by atoms with Crippen molar-refractivity contribution in [2.75, 3.05) is 0 Å². The van der Waals surface area contributed by atoms with Gasteiger partial charge < -0.3 is 9.72 Å². The van der Waals surface area contributed by atoms with E-state index in [0.717, 1.165) is 17.1 Å². The average molecular weight is 202 g/mol. The third kappa shape index (κ3) is 2.04. The van der Waals surface area contributed by atoms with Crippen molar-refractivity contribution in [1.29, 1.82) is 0 Å². The molecule has 0 unspecified atom stereocenters. The first-order chi connectivity index (χ1) is 7.29. The molecule has 0 aliphatic carbocycles. The summed E-state index contributed by atoms with van der Waals surface area (Å²) in [5.41, 5.74) is 1.80. The van der Waals surface area contributed by atoms with Crippen molar-refractivity contribution in [2.45, 2.75) is 6.61 Å². The van der Waals surface area contributed by atoms with Crippen LogP contribution in [0.25, 0.3) is 11.0 Å². The Hall–Kier alpha value is -2.10. The van der Waals surface area contributed by atoms with Crippen molar-refractivity contribution in [2.24, 2.45) is 0 Å². The van der Waals surface area contributed by atoms with E-state index >= 15 is 0 Å². The Balaban J connectivity index is 2.15. The van der Waals surface area contributed by atoms with Gasteiger partial charge in [-0.25, -0.2) is 9.78 Å². The average Bonchev–Trinajstić information content (AvgIpc) is 2.68. The van der Waals surface area contributed by atoms with E-state index in [2.05, 4.69) is 16.5 Å². The van der Waals surface area contributed by atoms with Crippen LogP contribution in [0.1, 0.15) is 5.82 Å². The van der Waals surface area contributed by atoms with E-state index in [-0.39, 0.29) is 6.61 Å². The molecular weight excluding hydrogens is 192 g/mol. The van der Waals surface area contributed by atoms with Gasteiger partial charge in [0.15, 0.2) is 0 Å². The number of benzene rings is 1. The third-order valence-electron chi connectivity index (χ3n) is 1.96. The molecule has 15 heavy (non-hydrogen) atoms. The molecule has 1 heterocycles. The molecule has 0 saturated heterocycles. The first-order valence-corrected chi connectivity index (χ1v) is 4.52. The highest BCUT2D eigenvalue weighted by Crippen LogP contribution is 2.10. The van der Waals surface area contributed by atoms with Gasteiger partial charge in [-0.05, 0) is 12.1 Å². The van der Waals surface area contributed by atoms with E-state index in [1.165, 1.54) is 0 Å². The topological polar surface area (TPSA) is 55.0 Å². The molecule has 2 aromatic rings. The summed E-state index contributed by atoms with van der Waals surface area (Å²) in [5, 5.41) is 0. The van der Waals surface area contributed by atoms with Gasteiger partial charge >= 0.3 is 5.97 Å². The lowest BCUT2D eigenvalue weighted by Gasteiger charge is -1.96. The Morgan fingerprint density at radius 1 is 1.53 bits per heavy atom. The van der Waals surface area contributed by atoms with Crippen molar-refractivity contribution in [3.05, 3.63) is 42.7 Å². The van der Waals surface area contributed by atoms with Gasteiger partial charge in [0.1, 0.15) is 12.4 Å². The molecule has 0 saturated carbocycles. The first-order valence-electron chi connectivity index (χ1n) is 4.52. The number of esters is 1. The number of carbonyl (C=O) groups is 1. The number of imidazole rings is 1. The van der Waals surface area contributed by atoms with Crippen LogP contribution in [0.15, 0.2) is 36.9 Å². The van der Waals surface area contributed by atoms with E-state index in [4.69, 9.17) is 4.74 Å². The molecule has 76 valence electrons. The zero-order valence-electron chi connectivity index (χ0n) is 8.06. The van der Waals surface area contributed by atoms with Gasteiger partial charge in [0, 0.05) is 6.08 Å². The Morgan fingerprint density at radius 3 is 3.07 bits per heavy atom. The molecule has 4 heteroatoms. The zero-order chi connectivity index (χ0) is 10.7. The summed E-state index contributed by atoms with van der Waals surface area (Å²) in [5.74, 6) is 0.182. The summed E-state index contributed by atoms with van der Waals surface area (Å²) in [6.07, 6.45) is 1.13. The molecule has 0 aliphatic heterocycles. The number of carbonyl (C=O) groups excluding carboxylic acids is 1. The van der Waals surface area contributed by atoms with Crippen LogP contribution in [0.3, 0.4) is 0 Å². The number of H-pyrrole nitrogens is 1. The molecule has 0 fully saturated rings. The summed E-state index contributed by atoms with van der Waals surface area (Å²) >= 11 is 0. The smallest absolute Gasteiger partial charge is 0.330 e. The van der Waals surface area contributed by atoms with Crippen molar-refractivity contribution in [3.63, 3.8) is 0 Å². The minimum atomic E-state index is -0.449. The normalized spacial score (nSPS) is 10.1. The number of para-hydroxylation sites is 2. The molecular formula is C11H10N2O2. The summed E-state index contributed by atoms with van der Waals surface area (Å²) in [6, 6.07) is 7.63. The number of aromatic amines is 1. The highest BCUT2D eigenvalue weighted by molar-refractivity contribution is 5.81. The minimum absolute atomic E-state index is 0.138. The largest absolute Gasteiger partial charge is 0.454 e. The van der Waals surface area contributed by atoms with Crippen LogP contribution in [0.5, 0.6) is 0 Å². The maximum absolute atomic E-state index is 10.8. The van der Waals surface area contributed by atoms with Crippen molar-refractivity contribution >= 4 is 17.0 Å². The lowest BCUT2D eigenvalue weighted by Crippen LogP contribution is -2.01. The molecule has 2 rings (SSSR count). The molecule has 4 nitrogen and oxygen atoms in total. The number of rotatable bonds is 3. The molecule has 0 atom stereocenters. The predicted molar refractivity (Wildman–Crippen MR) is 56.1 cm³/mol. The Labute approximate surface area is 86.6 Å². The highest BCUT2D eigenvalue weighted by atomic mass is 16.5. The van der Waals surface area contributed by atoms with E-state index < -0.39 is 5.97 Å². The second-order valence-electron chi connectivity index (χ2n) is 3.01. The van der Waals surface area contributed by atoms with Crippen LogP contribution in [-0.2, 0) is 16.1 Å². The number of nitrogens with zero attached hydrogens (tertiary/aromatic N) is 1. The molecule has 0 amide bonds. The Kier molecular flexibility index (Phi) is 2.49. The standard InChI is InChI=1S/C11H10N2O2/c1-2-11(14)15-7-10-12-8-5-3-4-6-9(8)13-10/h2-6H,1,7H2,(H,12,13). The van der Waals surface area contributed by atoms with Crippen LogP contribution >= 0.6 is 0 Å². The number of hydrogen-bond acceptors (Lipinski definition) is 3. The molecule has 1 aromatic carbocycles. The summed E-state index contributed by atoms with van der Waals surface area (Å²) < 4.78 is 4.86. The molecule has 0 spiro atoms. The van der Waals surface area contributed by atoms with Gasteiger partial charge in [0.05, 0.1) is 11.0 Å². The highest BCUT2D eigenvalue weighted by Gasteiger charge is 2.03. The third-order valence-corrected chi connectivity index (χ3v) is 1.96. The first kappa shape index (κ1) is 9.45. The van der Waals surface area contributed by atoms with E-state index in [9.17, 15) is 4.79 Å².